The van der Waals surface area contributed by atoms with Crippen molar-refractivity contribution in [3.05, 3.63) is 114 Å². The number of carbonyl (C=O) groups excluding carboxylic acids is 2. The summed E-state index contributed by atoms with van der Waals surface area (Å²) in [7, 11) is 1.45. The normalized spacial score (nSPS) is 14.6. The molecule has 5 aromatic rings. The average Bonchev–Trinajstić information content (AvgIpc) is 3.77. The van der Waals surface area contributed by atoms with Gasteiger partial charge in [-0.15, -0.1) is 11.3 Å². The van der Waals surface area contributed by atoms with Gasteiger partial charge < -0.3 is 14.2 Å². The number of para-hydroxylation sites is 1. The van der Waals surface area contributed by atoms with E-state index in [1.165, 1.54) is 29.9 Å². The van der Waals surface area contributed by atoms with Crippen molar-refractivity contribution in [2.45, 2.75) is 26.8 Å². The minimum absolute atomic E-state index is 0.151. The number of carbonyl (C=O) groups is 2. The van der Waals surface area contributed by atoms with Gasteiger partial charge >= 0.3 is 11.9 Å². The van der Waals surface area contributed by atoms with Crippen molar-refractivity contribution >= 4 is 40.7 Å². The lowest BCUT2D eigenvalue weighted by atomic mass is 9.95. The fourth-order valence-electron chi connectivity index (χ4n) is 5.15. The Labute approximate surface area is 265 Å². The number of allylic oxidation sites excluding steroid dienone is 1. The summed E-state index contributed by atoms with van der Waals surface area (Å²) in [6, 6.07) is 17.7. The van der Waals surface area contributed by atoms with E-state index in [0.29, 0.717) is 20.6 Å². The van der Waals surface area contributed by atoms with Gasteiger partial charge in [0.1, 0.15) is 5.69 Å². The van der Waals surface area contributed by atoms with Gasteiger partial charge in [-0.05, 0) is 61.2 Å². The summed E-state index contributed by atoms with van der Waals surface area (Å²) in [5, 5.41) is 6.84. The monoisotopic (exact) mass is 640 g/mol. The summed E-state index contributed by atoms with van der Waals surface area (Å²) in [5.74, 6) is -0.590. The summed E-state index contributed by atoms with van der Waals surface area (Å²) in [6.45, 7) is 4.89. The molecule has 1 aliphatic heterocycles. The lowest BCUT2D eigenvalue weighted by Crippen LogP contribution is -2.40. The highest BCUT2D eigenvalue weighted by molar-refractivity contribution is 7.13. The topological polar surface area (TPSA) is 114 Å². The molecule has 6 rings (SSSR count). The van der Waals surface area contributed by atoms with E-state index in [-0.39, 0.29) is 29.2 Å². The van der Waals surface area contributed by atoms with E-state index in [1.807, 2.05) is 60.1 Å². The Morgan fingerprint density at radius 2 is 1.87 bits per heavy atom. The molecule has 10 nitrogen and oxygen atoms in total. The maximum atomic E-state index is 14.3. The van der Waals surface area contributed by atoms with E-state index in [4.69, 9.17) is 19.3 Å². The van der Waals surface area contributed by atoms with Gasteiger partial charge in [0.2, 0.25) is 0 Å². The van der Waals surface area contributed by atoms with Crippen molar-refractivity contribution in [3.8, 4) is 27.8 Å². The van der Waals surface area contributed by atoms with E-state index in [2.05, 4.69) is 4.99 Å². The second kappa shape index (κ2) is 12.5. The number of thiazole rings is 1. The minimum atomic E-state index is -0.869. The number of ether oxygens (including phenoxy) is 3. The zero-order valence-electron chi connectivity index (χ0n) is 24.8. The molecule has 0 radical (unpaired) electrons. The molecule has 1 aliphatic rings. The summed E-state index contributed by atoms with van der Waals surface area (Å²) in [5.41, 5.74) is 3.29. The van der Waals surface area contributed by atoms with E-state index in [1.54, 1.807) is 48.1 Å². The van der Waals surface area contributed by atoms with Crippen molar-refractivity contribution in [3.63, 3.8) is 0 Å². The molecule has 228 valence electrons. The van der Waals surface area contributed by atoms with Gasteiger partial charge in [-0.25, -0.2) is 14.5 Å². The summed E-state index contributed by atoms with van der Waals surface area (Å²) in [6.07, 6.45) is 3.71. The first-order valence-electron chi connectivity index (χ1n) is 14.0. The van der Waals surface area contributed by atoms with Crippen LogP contribution in [-0.4, -0.2) is 40.0 Å². The van der Waals surface area contributed by atoms with Crippen LogP contribution in [0.1, 0.15) is 37.9 Å². The predicted molar refractivity (Wildman–Crippen MR) is 172 cm³/mol. The first kappa shape index (κ1) is 30.0. The second-order valence-electron chi connectivity index (χ2n) is 10.00. The molecule has 0 saturated heterocycles. The minimum Gasteiger partial charge on any atom is -0.493 e. The largest absolute Gasteiger partial charge is 0.493 e. The number of benzene rings is 2. The van der Waals surface area contributed by atoms with Gasteiger partial charge in [0.25, 0.3) is 5.56 Å². The number of rotatable bonds is 8. The predicted octanol–water partition coefficient (Wildman–Crippen LogP) is 4.65. The van der Waals surface area contributed by atoms with Crippen LogP contribution in [0.25, 0.3) is 22.3 Å². The van der Waals surface area contributed by atoms with Gasteiger partial charge in [-0.1, -0.05) is 41.7 Å². The summed E-state index contributed by atoms with van der Waals surface area (Å²) >= 11 is 2.79. The van der Waals surface area contributed by atoms with Crippen LogP contribution in [0.15, 0.2) is 93.3 Å². The van der Waals surface area contributed by atoms with E-state index >= 15 is 0 Å². The molecule has 0 unspecified atom stereocenters. The van der Waals surface area contributed by atoms with Crippen LogP contribution in [0.2, 0.25) is 0 Å². The summed E-state index contributed by atoms with van der Waals surface area (Å²) in [4.78, 5) is 45.3. The van der Waals surface area contributed by atoms with Gasteiger partial charge in [0, 0.05) is 18.7 Å². The summed E-state index contributed by atoms with van der Waals surface area (Å²) < 4.78 is 19.9. The molecule has 0 N–H and O–H groups in total. The Morgan fingerprint density at radius 1 is 1.07 bits per heavy atom. The molecule has 45 heavy (non-hydrogen) atoms. The van der Waals surface area contributed by atoms with Crippen LogP contribution in [-0.2, 0) is 14.3 Å². The standard InChI is InChI=1S/C33H28N4O6S2/c1-5-42-32(40)28-19(2)34-33-37(30(28)21-13-14-24(43-20(3)38)25(16-21)41-4)31(39)27(45-33)17-22-18-36(23-10-7-6-8-11-23)35-29(22)26-12-9-15-44-26/h6-18,30H,5H2,1-4H3/b27-17+/t30-/m1/s1. The molecule has 4 heterocycles. The van der Waals surface area contributed by atoms with Crippen LogP contribution in [0.5, 0.6) is 11.5 Å². The molecule has 0 saturated carbocycles. The molecular weight excluding hydrogens is 613 g/mol. The first-order chi connectivity index (χ1) is 21.8. The Bertz CT molecular complexity index is 2120. The number of hydrogen-bond donors (Lipinski definition) is 0. The lowest BCUT2D eigenvalue weighted by Gasteiger charge is -2.25. The number of esters is 2. The molecule has 3 aromatic heterocycles. The van der Waals surface area contributed by atoms with Crippen LogP contribution >= 0.6 is 22.7 Å². The second-order valence-corrected chi connectivity index (χ2v) is 12.0. The van der Waals surface area contributed by atoms with Gasteiger partial charge in [-0.3, -0.25) is 14.2 Å². The zero-order chi connectivity index (χ0) is 31.7. The molecule has 0 bridgehead atoms. The highest BCUT2D eigenvalue weighted by Gasteiger charge is 2.34. The number of fused-ring (bicyclic) bond motifs is 1. The quantitative estimate of drug-likeness (QED) is 0.179. The van der Waals surface area contributed by atoms with E-state index in [9.17, 15) is 14.4 Å². The van der Waals surface area contributed by atoms with Crippen molar-refractivity contribution in [2.75, 3.05) is 13.7 Å². The van der Waals surface area contributed by atoms with Crippen molar-refractivity contribution in [2.24, 2.45) is 4.99 Å². The average molecular weight is 641 g/mol. The molecule has 0 fully saturated rings. The van der Waals surface area contributed by atoms with Crippen molar-refractivity contribution in [1.29, 1.82) is 0 Å². The third-order valence-electron chi connectivity index (χ3n) is 7.08. The van der Waals surface area contributed by atoms with Crippen molar-refractivity contribution < 1.29 is 23.8 Å². The molecule has 1 atom stereocenters. The molecule has 12 heteroatoms. The highest BCUT2D eigenvalue weighted by Crippen LogP contribution is 2.36. The Morgan fingerprint density at radius 3 is 2.56 bits per heavy atom. The first-order valence-corrected chi connectivity index (χ1v) is 15.7. The third kappa shape index (κ3) is 5.77. The highest BCUT2D eigenvalue weighted by atomic mass is 32.1. The number of methoxy groups -OCH3 is 1. The number of nitrogens with zero attached hydrogens (tertiary/aromatic N) is 4. The molecule has 0 spiro atoms. The van der Waals surface area contributed by atoms with Gasteiger partial charge in [-0.2, -0.15) is 5.10 Å². The SMILES string of the molecule is CCOC(=O)C1=C(C)N=c2s/c(=C/c3cn(-c4ccccc4)nc3-c3cccs3)c(=O)n2[C@@H]1c1ccc(OC(C)=O)c(OC)c1. The smallest absolute Gasteiger partial charge is 0.338 e. The fourth-order valence-corrected chi connectivity index (χ4v) is 6.92. The maximum absolute atomic E-state index is 14.3. The number of thiophene rings is 1. The molecular formula is C33H28N4O6S2. The molecule has 0 amide bonds. The maximum Gasteiger partial charge on any atom is 0.338 e. The van der Waals surface area contributed by atoms with Crippen LogP contribution in [0.4, 0.5) is 0 Å². The van der Waals surface area contributed by atoms with Crippen molar-refractivity contribution in [1.82, 2.24) is 14.3 Å². The number of hydrogen-bond acceptors (Lipinski definition) is 10. The Kier molecular flexibility index (Phi) is 8.33. The van der Waals surface area contributed by atoms with Gasteiger partial charge in [0.15, 0.2) is 16.3 Å². The van der Waals surface area contributed by atoms with Crippen LogP contribution in [0, 0.1) is 0 Å². The van der Waals surface area contributed by atoms with Gasteiger partial charge in [0.05, 0.1) is 46.1 Å². The zero-order valence-corrected chi connectivity index (χ0v) is 26.5. The Hall–Kier alpha value is -5.07. The van der Waals surface area contributed by atoms with E-state index < -0.39 is 18.0 Å². The fraction of sp³-hybridized carbons (Fsp3) is 0.182. The van der Waals surface area contributed by atoms with Crippen LogP contribution < -0.4 is 24.4 Å². The lowest BCUT2D eigenvalue weighted by molar-refractivity contribution is -0.139. The van der Waals surface area contributed by atoms with Crippen LogP contribution in [0.3, 0.4) is 0 Å². The third-order valence-corrected chi connectivity index (χ3v) is 8.94. The Balaban J connectivity index is 1.55. The molecule has 0 aliphatic carbocycles. The van der Waals surface area contributed by atoms with E-state index in [0.717, 1.165) is 21.8 Å². The molecule has 2 aromatic carbocycles. The number of aromatic nitrogens is 3.